The van der Waals surface area contributed by atoms with Gasteiger partial charge >= 0.3 is 0 Å². The number of methoxy groups -OCH3 is 1. The molecule has 0 unspecified atom stereocenters. The van der Waals surface area contributed by atoms with E-state index in [1.807, 2.05) is 4.90 Å². The molecular weight excluding hydrogens is 294 g/mol. The minimum absolute atomic E-state index is 0.159. The van der Waals surface area contributed by atoms with Gasteiger partial charge in [0.2, 0.25) is 5.91 Å². The average Bonchev–Trinajstić information content (AvgIpc) is 2.34. The van der Waals surface area contributed by atoms with Crippen molar-refractivity contribution in [3.8, 4) is 0 Å². The molecule has 1 aliphatic carbocycles. The highest BCUT2D eigenvalue weighted by Gasteiger charge is 2.40. The fraction of sp³-hybridized carbons (Fsp3) is 0.929. The molecule has 0 aromatic carbocycles. The second-order valence-electron chi connectivity index (χ2n) is 5.16. The molecule has 0 aromatic heterocycles. The normalized spacial score (nSPS) is 17.6. The molecule has 1 amide bonds. The van der Waals surface area contributed by atoms with E-state index >= 15 is 0 Å². The Hall–Kier alpha value is -0.0900. The monoisotopic (exact) mass is 319 g/mol. The maximum atomic E-state index is 12.5. The quantitative estimate of drug-likeness (QED) is 0.642. The van der Waals surface area contributed by atoms with Gasteiger partial charge < -0.3 is 9.64 Å². The van der Waals surface area contributed by atoms with Crippen LogP contribution in [0.5, 0.6) is 0 Å². The second-order valence-corrected chi connectivity index (χ2v) is 5.96. The summed E-state index contributed by atoms with van der Waals surface area (Å²) in [5, 5.41) is 0.842. The number of alkyl halides is 1. The van der Waals surface area contributed by atoms with Crippen LogP contribution in [0, 0.1) is 0 Å². The van der Waals surface area contributed by atoms with E-state index in [1.54, 1.807) is 7.11 Å². The van der Waals surface area contributed by atoms with Crippen molar-refractivity contribution in [1.29, 1.82) is 0 Å². The van der Waals surface area contributed by atoms with Gasteiger partial charge in [-0.3, -0.25) is 4.79 Å². The Morgan fingerprint density at radius 1 is 1.39 bits per heavy atom. The number of hydrogen-bond acceptors (Lipinski definition) is 2. The van der Waals surface area contributed by atoms with Crippen molar-refractivity contribution in [2.45, 2.75) is 64.0 Å². The van der Waals surface area contributed by atoms with Crippen molar-refractivity contribution in [3.05, 3.63) is 0 Å². The Kier molecular flexibility index (Phi) is 6.64. The summed E-state index contributed by atoms with van der Waals surface area (Å²) in [6.07, 6.45) is 5.84. The fourth-order valence-corrected chi connectivity index (χ4v) is 3.11. The lowest BCUT2D eigenvalue weighted by Crippen LogP contribution is -2.48. The van der Waals surface area contributed by atoms with Crippen LogP contribution in [0.4, 0.5) is 0 Å². The number of halogens is 1. The molecule has 4 heteroatoms. The Bertz CT molecular complexity index is 257. The van der Waals surface area contributed by atoms with Crippen LogP contribution in [-0.4, -0.2) is 41.4 Å². The van der Waals surface area contributed by atoms with Crippen molar-refractivity contribution >= 4 is 21.8 Å². The van der Waals surface area contributed by atoms with Crippen LogP contribution in [0.3, 0.4) is 0 Å². The first-order chi connectivity index (χ1) is 8.62. The largest absolute Gasteiger partial charge is 0.378 e. The van der Waals surface area contributed by atoms with Crippen molar-refractivity contribution in [3.63, 3.8) is 0 Å². The first-order valence-corrected chi connectivity index (χ1v) is 8.15. The third kappa shape index (κ3) is 3.70. The summed E-state index contributed by atoms with van der Waals surface area (Å²) >= 11 is 3.45. The van der Waals surface area contributed by atoms with E-state index in [-0.39, 0.29) is 11.5 Å². The molecule has 106 valence electrons. The van der Waals surface area contributed by atoms with Crippen molar-refractivity contribution in [2.24, 2.45) is 0 Å². The maximum Gasteiger partial charge on any atom is 0.225 e. The topological polar surface area (TPSA) is 29.5 Å². The highest BCUT2D eigenvalue weighted by molar-refractivity contribution is 9.09. The van der Waals surface area contributed by atoms with Crippen LogP contribution in [0.25, 0.3) is 0 Å². The predicted molar refractivity (Wildman–Crippen MR) is 78.1 cm³/mol. The number of hydrogen-bond donors (Lipinski definition) is 0. The van der Waals surface area contributed by atoms with Gasteiger partial charge in [0.25, 0.3) is 0 Å². The third-order valence-electron chi connectivity index (χ3n) is 4.20. The van der Waals surface area contributed by atoms with Crippen LogP contribution in [0.2, 0.25) is 0 Å². The summed E-state index contributed by atoms with van der Waals surface area (Å²) in [5.41, 5.74) is -0.159. The molecule has 0 bridgehead atoms. The molecule has 3 nitrogen and oxygen atoms in total. The van der Waals surface area contributed by atoms with Gasteiger partial charge in [-0.2, -0.15) is 0 Å². The van der Waals surface area contributed by atoms with Gasteiger partial charge in [-0.25, -0.2) is 0 Å². The van der Waals surface area contributed by atoms with Crippen molar-refractivity contribution < 1.29 is 9.53 Å². The van der Waals surface area contributed by atoms with Gasteiger partial charge in [0, 0.05) is 25.0 Å². The van der Waals surface area contributed by atoms with Gasteiger partial charge in [0.1, 0.15) is 0 Å². The molecule has 0 N–H and O–H groups in total. The zero-order chi connectivity index (χ0) is 13.6. The number of carbonyl (C=O) groups excluding carboxylic acids is 1. The molecule has 0 heterocycles. The van der Waals surface area contributed by atoms with Gasteiger partial charge in [-0.1, -0.05) is 29.8 Å². The van der Waals surface area contributed by atoms with E-state index in [2.05, 4.69) is 29.8 Å². The lowest BCUT2D eigenvalue weighted by Gasteiger charge is -2.42. The molecular formula is C14H26BrNO2. The standard InChI is InChI=1S/C14H26BrNO2/c1-4-12(5-2)16(10-9-15)13(17)11-14(18-3)7-6-8-14/h12H,4-11H2,1-3H3. The molecule has 0 aliphatic heterocycles. The fourth-order valence-electron chi connectivity index (χ4n) is 2.73. The Morgan fingerprint density at radius 2 is 2.00 bits per heavy atom. The number of rotatable bonds is 8. The minimum atomic E-state index is -0.159. The summed E-state index contributed by atoms with van der Waals surface area (Å²) in [6.45, 7) is 5.10. The second kappa shape index (κ2) is 7.49. The van der Waals surface area contributed by atoms with E-state index in [1.165, 1.54) is 6.42 Å². The lowest BCUT2D eigenvalue weighted by atomic mass is 9.77. The molecule has 1 saturated carbocycles. The van der Waals surface area contributed by atoms with Gasteiger partial charge in [0.15, 0.2) is 0 Å². The van der Waals surface area contributed by atoms with E-state index in [0.29, 0.717) is 12.5 Å². The van der Waals surface area contributed by atoms with Crippen LogP contribution in [0.1, 0.15) is 52.4 Å². The average molecular weight is 320 g/mol. The minimum Gasteiger partial charge on any atom is -0.378 e. The Balaban J connectivity index is 2.64. The molecule has 1 rings (SSSR count). The summed E-state index contributed by atoms with van der Waals surface area (Å²) in [5.74, 6) is 0.254. The molecule has 0 radical (unpaired) electrons. The molecule has 1 aliphatic rings. The van der Waals surface area contributed by atoms with Gasteiger partial charge in [-0.05, 0) is 32.1 Å². The summed E-state index contributed by atoms with van der Waals surface area (Å²) in [6, 6.07) is 0.365. The SMILES string of the molecule is CCC(CC)N(CCBr)C(=O)CC1(OC)CCC1. The number of ether oxygens (including phenoxy) is 1. The predicted octanol–water partition coefficient (Wildman–Crippen LogP) is 3.36. The molecule has 1 fully saturated rings. The molecule has 0 atom stereocenters. The van der Waals surface area contributed by atoms with E-state index < -0.39 is 0 Å². The third-order valence-corrected chi connectivity index (χ3v) is 4.55. The highest BCUT2D eigenvalue weighted by Crippen LogP contribution is 2.38. The Morgan fingerprint density at radius 3 is 2.33 bits per heavy atom. The summed E-state index contributed by atoms with van der Waals surface area (Å²) < 4.78 is 5.56. The zero-order valence-corrected chi connectivity index (χ0v) is 13.5. The van der Waals surface area contributed by atoms with Crippen LogP contribution < -0.4 is 0 Å². The van der Waals surface area contributed by atoms with E-state index in [4.69, 9.17) is 4.74 Å². The first kappa shape index (κ1) is 16.0. The van der Waals surface area contributed by atoms with E-state index in [0.717, 1.165) is 37.6 Å². The zero-order valence-electron chi connectivity index (χ0n) is 11.9. The van der Waals surface area contributed by atoms with Gasteiger partial charge in [-0.15, -0.1) is 0 Å². The highest BCUT2D eigenvalue weighted by atomic mass is 79.9. The van der Waals surface area contributed by atoms with Crippen LogP contribution in [0.15, 0.2) is 0 Å². The van der Waals surface area contributed by atoms with Crippen molar-refractivity contribution in [1.82, 2.24) is 4.90 Å². The van der Waals surface area contributed by atoms with E-state index in [9.17, 15) is 4.79 Å². The van der Waals surface area contributed by atoms with Crippen molar-refractivity contribution in [2.75, 3.05) is 19.0 Å². The molecule has 0 spiro atoms. The molecule has 0 aromatic rings. The smallest absolute Gasteiger partial charge is 0.225 e. The lowest BCUT2D eigenvalue weighted by molar-refractivity contribution is -0.146. The number of amides is 1. The molecule has 18 heavy (non-hydrogen) atoms. The number of carbonyl (C=O) groups is 1. The maximum absolute atomic E-state index is 12.5. The Labute approximate surface area is 119 Å². The summed E-state index contributed by atoms with van der Waals surface area (Å²) in [7, 11) is 1.73. The van der Waals surface area contributed by atoms with Gasteiger partial charge in [0.05, 0.1) is 12.0 Å². The summed E-state index contributed by atoms with van der Waals surface area (Å²) in [4.78, 5) is 14.5. The first-order valence-electron chi connectivity index (χ1n) is 7.03. The number of nitrogens with zero attached hydrogens (tertiary/aromatic N) is 1. The van der Waals surface area contributed by atoms with Crippen LogP contribution >= 0.6 is 15.9 Å². The molecule has 0 saturated heterocycles. The van der Waals surface area contributed by atoms with Crippen LogP contribution in [-0.2, 0) is 9.53 Å².